The van der Waals surface area contributed by atoms with Crippen molar-refractivity contribution < 1.29 is 28.4 Å². The van der Waals surface area contributed by atoms with Crippen molar-refractivity contribution >= 4 is 57.8 Å². The van der Waals surface area contributed by atoms with Crippen LogP contribution in [-0.4, -0.2) is 33.4 Å². The van der Waals surface area contributed by atoms with Gasteiger partial charge >= 0.3 is 5.97 Å². The molecule has 2 N–H and O–H groups in total. The van der Waals surface area contributed by atoms with E-state index >= 15 is 0 Å². The first kappa shape index (κ1) is 16.3. The highest BCUT2D eigenvalue weighted by Crippen LogP contribution is 2.26. The number of carbonyl (C=O) groups is 4. The van der Waals surface area contributed by atoms with Crippen LogP contribution >= 0.6 is 23.5 Å². The lowest BCUT2D eigenvalue weighted by atomic mass is 10.3. The zero-order valence-corrected chi connectivity index (χ0v) is 13.4. The lowest BCUT2D eigenvalue weighted by Crippen LogP contribution is -2.26. The average molecular weight is 367 g/mol. The van der Waals surface area contributed by atoms with Crippen LogP contribution in [0.3, 0.4) is 0 Å². The fourth-order valence-corrected chi connectivity index (χ4v) is 3.33. The molecule has 3 heterocycles. The molecule has 2 saturated heterocycles. The first-order valence-electron chi connectivity index (χ1n) is 6.55. The number of nitrogens with one attached hydrogen (secondary N) is 2. The number of amidine groups is 1. The molecule has 24 heavy (non-hydrogen) atoms. The molecule has 0 spiro atoms. The van der Waals surface area contributed by atoms with E-state index in [1.165, 1.54) is 12.3 Å². The van der Waals surface area contributed by atoms with Gasteiger partial charge in [-0.1, -0.05) is 11.8 Å². The summed E-state index contributed by atoms with van der Waals surface area (Å²) in [6, 6.07) is 3.37. The first-order chi connectivity index (χ1) is 11.5. The number of imide groups is 1. The van der Waals surface area contributed by atoms with Crippen LogP contribution in [0.2, 0.25) is 0 Å². The Hall–Kier alpha value is -2.53. The minimum atomic E-state index is -0.828. The summed E-state index contributed by atoms with van der Waals surface area (Å²) >= 11 is 1.70. The van der Waals surface area contributed by atoms with Gasteiger partial charge in [-0.15, -0.1) is 0 Å². The Morgan fingerprint density at radius 2 is 2.21 bits per heavy atom. The third-order valence-electron chi connectivity index (χ3n) is 2.82. The molecule has 0 radical (unpaired) electrons. The molecule has 1 atom stereocenters. The lowest BCUT2D eigenvalue weighted by Gasteiger charge is -2.01. The van der Waals surface area contributed by atoms with Gasteiger partial charge in [0.1, 0.15) is 11.0 Å². The molecule has 2 aliphatic rings. The molecule has 1 unspecified atom stereocenters. The van der Waals surface area contributed by atoms with Crippen molar-refractivity contribution in [2.45, 2.75) is 11.7 Å². The molecule has 9 nitrogen and oxygen atoms in total. The molecule has 0 aliphatic carbocycles. The number of amides is 3. The highest BCUT2D eigenvalue weighted by atomic mass is 32.2. The maximum Gasteiger partial charge on any atom is 0.336 e. The molecule has 0 saturated carbocycles. The van der Waals surface area contributed by atoms with E-state index < -0.39 is 28.3 Å². The van der Waals surface area contributed by atoms with Crippen molar-refractivity contribution in [3.63, 3.8) is 0 Å². The molecule has 0 aromatic carbocycles. The zero-order valence-electron chi connectivity index (χ0n) is 11.8. The number of rotatable bonds is 4. The standard InChI is InChI=1S/C13H9N3O6S2/c17-9(5-8-11(19)15-13(20)24-8)22-16-12-14-10(18)7(23-12)4-6-2-1-3-21-6/h1-4,8H,5H2,(H,14,16,18)(H,15,19,20)/b7-4+. The van der Waals surface area contributed by atoms with Crippen LogP contribution < -0.4 is 10.6 Å². The molecule has 2 fully saturated rings. The Balaban J connectivity index is 1.55. The summed E-state index contributed by atoms with van der Waals surface area (Å²) in [6.07, 6.45) is 2.70. The summed E-state index contributed by atoms with van der Waals surface area (Å²) in [5.74, 6) is -1.23. The van der Waals surface area contributed by atoms with Crippen LogP contribution in [0.4, 0.5) is 4.79 Å². The largest absolute Gasteiger partial charge is 0.465 e. The van der Waals surface area contributed by atoms with Gasteiger partial charge in [0.15, 0.2) is 0 Å². The molecular formula is C13H9N3O6S2. The van der Waals surface area contributed by atoms with Gasteiger partial charge in [0.25, 0.3) is 11.1 Å². The van der Waals surface area contributed by atoms with Gasteiger partial charge in [-0.3, -0.25) is 25.0 Å². The van der Waals surface area contributed by atoms with Gasteiger partial charge in [0, 0.05) is 6.08 Å². The van der Waals surface area contributed by atoms with Gasteiger partial charge in [-0.05, 0) is 29.1 Å². The number of hydrogen-bond acceptors (Lipinski definition) is 9. The molecule has 2 aliphatic heterocycles. The van der Waals surface area contributed by atoms with Crippen molar-refractivity contribution in [1.29, 1.82) is 0 Å². The third kappa shape index (κ3) is 3.86. The van der Waals surface area contributed by atoms with E-state index in [9.17, 15) is 19.2 Å². The second-order valence-corrected chi connectivity index (χ2v) is 6.73. The first-order valence-corrected chi connectivity index (χ1v) is 8.24. The Labute approximate surface area is 143 Å². The fraction of sp³-hybridized carbons (Fsp3) is 0.154. The second-order valence-electron chi connectivity index (χ2n) is 4.53. The third-order valence-corrected chi connectivity index (χ3v) is 4.69. The minimum Gasteiger partial charge on any atom is -0.465 e. The topological polar surface area (TPSA) is 127 Å². The maximum absolute atomic E-state index is 11.8. The van der Waals surface area contributed by atoms with Gasteiger partial charge in [-0.25, -0.2) is 4.79 Å². The SMILES string of the molecule is O=C(CC1SC(=O)NC1=O)O/N=C1\NC(=O)/C(=C\c2ccco2)S1. The summed E-state index contributed by atoms with van der Waals surface area (Å²) in [5, 5.41) is 6.79. The number of carbonyl (C=O) groups excluding carboxylic acids is 4. The van der Waals surface area contributed by atoms with Gasteiger partial charge in [0.2, 0.25) is 11.1 Å². The van der Waals surface area contributed by atoms with Gasteiger partial charge in [-0.2, -0.15) is 0 Å². The minimum absolute atomic E-state index is 0.0887. The predicted molar refractivity (Wildman–Crippen MR) is 85.5 cm³/mol. The van der Waals surface area contributed by atoms with E-state index in [2.05, 4.69) is 20.6 Å². The summed E-state index contributed by atoms with van der Waals surface area (Å²) < 4.78 is 5.11. The predicted octanol–water partition coefficient (Wildman–Crippen LogP) is 1.04. The molecular weight excluding hydrogens is 358 g/mol. The molecule has 124 valence electrons. The Morgan fingerprint density at radius 1 is 1.38 bits per heavy atom. The number of hydrogen-bond donors (Lipinski definition) is 2. The molecule has 3 rings (SSSR count). The van der Waals surface area contributed by atoms with Crippen LogP contribution in [0, 0.1) is 0 Å². The number of thioether (sulfide) groups is 2. The van der Waals surface area contributed by atoms with E-state index in [1.807, 2.05) is 0 Å². The van der Waals surface area contributed by atoms with Crippen molar-refractivity contribution in [1.82, 2.24) is 10.6 Å². The summed E-state index contributed by atoms with van der Waals surface area (Å²) in [7, 11) is 0. The van der Waals surface area contributed by atoms with Gasteiger partial charge < -0.3 is 9.25 Å². The molecule has 1 aromatic rings. The zero-order chi connectivity index (χ0) is 17.1. The smallest absolute Gasteiger partial charge is 0.336 e. The van der Waals surface area contributed by atoms with E-state index in [1.54, 1.807) is 12.1 Å². The maximum atomic E-state index is 11.8. The highest BCUT2D eigenvalue weighted by molar-refractivity contribution is 8.18. The van der Waals surface area contributed by atoms with E-state index in [-0.39, 0.29) is 11.6 Å². The Bertz CT molecular complexity index is 771. The van der Waals surface area contributed by atoms with Crippen molar-refractivity contribution in [2.75, 3.05) is 0 Å². The Kier molecular flexibility index (Phi) is 4.71. The summed E-state index contributed by atoms with van der Waals surface area (Å²) in [6.45, 7) is 0. The normalized spacial score (nSPS) is 23.7. The van der Waals surface area contributed by atoms with Crippen LogP contribution in [0.15, 0.2) is 32.9 Å². The fourth-order valence-electron chi connectivity index (χ4n) is 1.78. The van der Waals surface area contributed by atoms with Crippen LogP contribution in [-0.2, 0) is 19.2 Å². The van der Waals surface area contributed by atoms with Gasteiger partial charge in [0.05, 0.1) is 17.6 Å². The number of nitrogens with zero attached hydrogens (tertiary/aromatic N) is 1. The number of oxime groups is 1. The van der Waals surface area contributed by atoms with Crippen molar-refractivity contribution in [3.05, 3.63) is 29.1 Å². The monoisotopic (exact) mass is 367 g/mol. The molecule has 1 aromatic heterocycles. The second kappa shape index (κ2) is 6.93. The molecule has 0 bridgehead atoms. The highest BCUT2D eigenvalue weighted by Gasteiger charge is 2.34. The Morgan fingerprint density at radius 3 is 2.88 bits per heavy atom. The van der Waals surface area contributed by atoms with Crippen LogP contribution in [0.5, 0.6) is 0 Å². The molecule has 3 amide bonds. The van der Waals surface area contributed by atoms with Crippen LogP contribution in [0.25, 0.3) is 6.08 Å². The summed E-state index contributed by atoms with van der Waals surface area (Å²) in [4.78, 5) is 50.7. The van der Waals surface area contributed by atoms with Crippen molar-refractivity contribution in [2.24, 2.45) is 5.16 Å². The van der Waals surface area contributed by atoms with Crippen LogP contribution in [0.1, 0.15) is 12.2 Å². The van der Waals surface area contributed by atoms with E-state index in [4.69, 9.17) is 4.42 Å². The van der Waals surface area contributed by atoms with E-state index in [0.717, 1.165) is 23.5 Å². The average Bonchev–Trinajstić information content (AvgIpc) is 3.21. The molecule has 11 heteroatoms. The lowest BCUT2D eigenvalue weighted by molar-refractivity contribution is -0.144. The van der Waals surface area contributed by atoms with Crippen molar-refractivity contribution in [3.8, 4) is 0 Å². The quantitative estimate of drug-likeness (QED) is 0.459. The number of furan rings is 1. The van der Waals surface area contributed by atoms with E-state index in [0.29, 0.717) is 10.7 Å². The summed E-state index contributed by atoms with van der Waals surface area (Å²) in [5.41, 5.74) is 0.